The fourth-order valence-corrected chi connectivity index (χ4v) is 2.78. The van der Waals surface area contributed by atoms with Crippen LogP contribution in [0, 0.1) is 0 Å². The molecule has 3 N–H and O–H groups in total. The zero-order valence-electron chi connectivity index (χ0n) is 12.0. The molecule has 0 saturated heterocycles. The van der Waals surface area contributed by atoms with Gasteiger partial charge < -0.3 is 20.5 Å². The Hall–Kier alpha value is -2.11. The number of nitrogens with two attached hydrogens (primary N) is 1. The van der Waals surface area contributed by atoms with Crippen LogP contribution in [0.2, 0.25) is 10.0 Å². The molecule has 1 unspecified atom stereocenters. The first-order valence-electron chi connectivity index (χ1n) is 6.95. The molecular formula is C16H14Cl2N2O3. The number of hydrogen-bond donors (Lipinski definition) is 2. The first-order valence-corrected chi connectivity index (χ1v) is 7.70. The summed E-state index contributed by atoms with van der Waals surface area (Å²) in [4.78, 5) is 11.9. The number of fused-ring (bicyclic) bond motifs is 1. The lowest BCUT2D eigenvalue weighted by atomic mass is 10.0. The number of carbonyl (C=O) groups is 1. The average Bonchev–Trinajstić information content (AvgIpc) is 2.53. The van der Waals surface area contributed by atoms with Crippen molar-refractivity contribution in [1.29, 1.82) is 0 Å². The predicted octanol–water partition coefficient (Wildman–Crippen LogP) is 3.40. The summed E-state index contributed by atoms with van der Waals surface area (Å²) in [6.07, 6.45) is 0. The summed E-state index contributed by atoms with van der Waals surface area (Å²) in [5.41, 5.74) is 6.75. The van der Waals surface area contributed by atoms with Crippen LogP contribution in [0.5, 0.6) is 11.5 Å². The molecule has 1 amide bonds. The van der Waals surface area contributed by atoms with Crippen LogP contribution in [-0.4, -0.2) is 19.1 Å². The number of nitrogens with one attached hydrogen (secondary N) is 1. The van der Waals surface area contributed by atoms with Crippen molar-refractivity contribution < 1.29 is 14.3 Å². The third kappa shape index (κ3) is 3.46. The van der Waals surface area contributed by atoms with Gasteiger partial charge in [0.2, 0.25) is 5.91 Å². The lowest BCUT2D eigenvalue weighted by Gasteiger charge is -2.22. The minimum Gasteiger partial charge on any atom is -0.486 e. The van der Waals surface area contributed by atoms with Crippen molar-refractivity contribution in [2.45, 2.75) is 6.04 Å². The van der Waals surface area contributed by atoms with E-state index in [0.717, 1.165) is 0 Å². The van der Waals surface area contributed by atoms with Gasteiger partial charge in [-0.1, -0.05) is 29.3 Å². The van der Waals surface area contributed by atoms with Crippen molar-refractivity contribution in [3.63, 3.8) is 0 Å². The van der Waals surface area contributed by atoms with Gasteiger partial charge in [-0.3, -0.25) is 4.79 Å². The van der Waals surface area contributed by atoms with Crippen LogP contribution >= 0.6 is 23.2 Å². The molecule has 1 heterocycles. The first-order chi connectivity index (χ1) is 11.0. The van der Waals surface area contributed by atoms with Gasteiger partial charge in [0, 0.05) is 5.02 Å². The SMILES string of the molecule is NC(=O)C(Nc1ccc(Cl)cc1Cl)c1ccc2c(c1)OCCO2. The van der Waals surface area contributed by atoms with Crippen LogP contribution in [0.4, 0.5) is 5.69 Å². The van der Waals surface area contributed by atoms with E-state index < -0.39 is 11.9 Å². The smallest absolute Gasteiger partial charge is 0.244 e. The van der Waals surface area contributed by atoms with Gasteiger partial charge in [0.15, 0.2) is 11.5 Å². The van der Waals surface area contributed by atoms with E-state index in [-0.39, 0.29) is 0 Å². The Balaban J connectivity index is 1.91. The molecule has 0 bridgehead atoms. The molecule has 2 aromatic carbocycles. The van der Waals surface area contributed by atoms with Crippen molar-refractivity contribution in [3.8, 4) is 11.5 Å². The monoisotopic (exact) mass is 352 g/mol. The largest absolute Gasteiger partial charge is 0.486 e. The second-order valence-corrected chi connectivity index (χ2v) is 5.85. The number of benzene rings is 2. The van der Waals surface area contributed by atoms with Crippen LogP contribution in [-0.2, 0) is 4.79 Å². The molecule has 23 heavy (non-hydrogen) atoms. The van der Waals surface area contributed by atoms with Crippen molar-refractivity contribution >= 4 is 34.8 Å². The Bertz CT molecular complexity index is 752. The highest BCUT2D eigenvalue weighted by molar-refractivity contribution is 6.36. The normalized spacial score (nSPS) is 14.2. The van der Waals surface area contributed by atoms with Gasteiger partial charge >= 0.3 is 0 Å². The van der Waals surface area contributed by atoms with Crippen molar-refractivity contribution in [2.24, 2.45) is 5.73 Å². The molecule has 0 saturated carbocycles. The van der Waals surface area contributed by atoms with Gasteiger partial charge in [-0.2, -0.15) is 0 Å². The first kappa shape index (κ1) is 15.8. The topological polar surface area (TPSA) is 73.6 Å². The second kappa shape index (κ2) is 6.56. The summed E-state index contributed by atoms with van der Waals surface area (Å²) in [5.74, 6) is 0.699. The standard InChI is InChI=1S/C16H14Cl2N2O3/c17-10-2-3-12(11(18)8-10)20-15(16(19)21)9-1-4-13-14(7-9)23-6-5-22-13/h1-4,7-8,15,20H,5-6H2,(H2,19,21). The van der Waals surface area contributed by atoms with Gasteiger partial charge in [-0.15, -0.1) is 0 Å². The maximum absolute atomic E-state index is 11.9. The highest BCUT2D eigenvalue weighted by Crippen LogP contribution is 2.34. The Labute approximate surface area is 143 Å². The van der Waals surface area contributed by atoms with Crippen LogP contribution in [0.1, 0.15) is 11.6 Å². The maximum atomic E-state index is 11.9. The predicted molar refractivity (Wildman–Crippen MR) is 89.5 cm³/mol. The summed E-state index contributed by atoms with van der Waals surface area (Å²) in [6.45, 7) is 0.971. The van der Waals surface area contributed by atoms with E-state index >= 15 is 0 Å². The van der Waals surface area contributed by atoms with E-state index in [0.29, 0.717) is 46.0 Å². The lowest BCUT2D eigenvalue weighted by molar-refractivity contribution is -0.118. The number of amides is 1. The molecule has 1 aliphatic heterocycles. The second-order valence-electron chi connectivity index (χ2n) is 5.01. The molecule has 2 aromatic rings. The molecule has 0 spiro atoms. The van der Waals surface area contributed by atoms with Crippen LogP contribution in [0.15, 0.2) is 36.4 Å². The zero-order chi connectivity index (χ0) is 16.4. The summed E-state index contributed by atoms with van der Waals surface area (Å²) in [5, 5.41) is 3.95. The van der Waals surface area contributed by atoms with Crippen molar-refractivity contribution in [1.82, 2.24) is 0 Å². The molecule has 120 valence electrons. The molecule has 7 heteroatoms. The maximum Gasteiger partial charge on any atom is 0.244 e. The molecule has 0 aromatic heterocycles. The summed E-state index contributed by atoms with van der Waals surface area (Å²) in [6, 6.07) is 9.46. The Morgan fingerprint density at radius 2 is 1.83 bits per heavy atom. The molecular weight excluding hydrogens is 339 g/mol. The molecule has 1 aliphatic rings. The molecule has 3 rings (SSSR count). The highest BCUT2D eigenvalue weighted by atomic mass is 35.5. The Kier molecular flexibility index (Phi) is 4.50. The number of rotatable bonds is 4. The quantitative estimate of drug-likeness (QED) is 0.884. The number of primary amides is 1. The minimum absolute atomic E-state index is 0.404. The van der Waals surface area contributed by atoms with E-state index in [1.165, 1.54) is 0 Å². The van der Waals surface area contributed by atoms with Gasteiger partial charge in [-0.05, 0) is 35.9 Å². The van der Waals surface area contributed by atoms with Crippen LogP contribution in [0.3, 0.4) is 0 Å². The summed E-state index contributed by atoms with van der Waals surface area (Å²) >= 11 is 12.0. The van der Waals surface area contributed by atoms with E-state index in [9.17, 15) is 4.79 Å². The molecule has 1 atom stereocenters. The number of ether oxygens (including phenoxy) is 2. The number of halogens is 2. The number of hydrogen-bond acceptors (Lipinski definition) is 4. The molecule has 0 fully saturated rings. The lowest BCUT2D eigenvalue weighted by Crippen LogP contribution is -2.28. The van der Waals surface area contributed by atoms with E-state index in [2.05, 4.69) is 5.32 Å². The average molecular weight is 353 g/mol. The highest BCUT2D eigenvalue weighted by Gasteiger charge is 2.22. The van der Waals surface area contributed by atoms with Crippen molar-refractivity contribution in [3.05, 3.63) is 52.0 Å². The zero-order valence-corrected chi connectivity index (χ0v) is 13.5. The van der Waals surface area contributed by atoms with E-state index in [1.807, 2.05) is 0 Å². The van der Waals surface area contributed by atoms with Crippen LogP contribution in [0.25, 0.3) is 0 Å². The summed E-state index contributed by atoms with van der Waals surface area (Å²) < 4.78 is 11.0. The molecule has 0 aliphatic carbocycles. The minimum atomic E-state index is -0.760. The van der Waals surface area contributed by atoms with Crippen molar-refractivity contribution in [2.75, 3.05) is 18.5 Å². The van der Waals surface area contributed by atoms with Gasteiger partial charge in [0.25, 0.3) is 0 Å². The van der Waals surface area contributed by atoms with Crippen LogP contribution < -0.4 is 20.5 Å². The van der Waals surface area contributed by atoms with Gasteiger partial charge in [-0.25, -0.2) is 0 Å². The fraction of sp³-hybridized carbons (Fsp3) is 0.188. The third-order valence-electron chi connectivity index (χ3n) is 3.42. The van der Waals surface area contributed by atoms with Gasteiger partial charge in [0.05, 0.1) is 10.7 Å². The Morgan fingerprint density at radius 3 is 2.52 bits per heavy atom. The molecule has 0 radical (unpaired) electrons. The van der Waals surface area contributed by atoms with Gasteiger partial charge in [0.1, 0.15) is 19.3 Å². The van der Waals surface area contributed by atoms with E-state index in [4.69, 9.17) is 38.4 Å². The molecule has 5 nitrogen and oxygen atoms in total. The Morgan fingerprint density at radius 1 is 1.09 bits per heavy atom. The summed E-state index contributed by atoms with van der Waals surface area (Å²) in [7, 11) is 0. The fourth-order valence-electron chi connectivity index (χ4n) is 2.32. The number of anilines is 1. The number of carbonyl (C=O) groups excluding carboxylic acids is 1. The third-order valence-corrected chi connectivity index (χ3v) is 3.96. The van der Waals surface area contributed by atoms with E-state index in [1.54, 1.807) is 36.4 Å².